The molecule has 1 atom stereocenters. The van der Waals surface area contributed by atoms with Crippen molar-refractivity contribution in [2.45, 2.75) is 12.6 Å². The summed E-state index contributed by atoms with van der Waals surface area (Å²) in [4.78, 5) is 8.21. The molecule has 1 fully saturated rings. The van der Waals surface area contributed by atoms with Crippen molar-refractivity contribution in [1.82, 2.24) is 30.3 Å². The van der Waals surface area contributed by atoms with Gasteiger partial charge in [-0.05, 0) is 23.6 Å². The van der Waals surface area contributed by atoms with Crippen molar-refractivity contribution in [3.63, 3.8) is 0 Å². The fourth-order valence-corrected chi connectivity index (χ4v) is 4.40. The number of benzene rings is 1. The van der Waals surface area contributed by atoms with E-state index in [0.29, 0.717) is 12.6 Å². The van der Waals surface area contributed by atoms with Gasteiger partial charge in [-0.1, -0.05) is 24.3 Å². The number of nitrogens with zero attached hydrogens (tertiary/aromatic N) is 5. The number of guanidine groups is 1. The summed E-state index contributed by atoms with van der Waals surface area (Å²) in [5, 5.41) is 17.3. The van der Waals surface area contributed by atoms with E-state index < -0.39 is 0 Å². The zero-order chi connectivity index (χ0) is 20.6. The highest BCUT2D eigenvalue weighted by Gasteiger charge is 2.23. The minimum Gasteiger partial charge on any atom is -0.379 e. The summed E-state index contributed by atoms with van der Waals surface area (Å²) in [5.41, 5.74) is 1.03. The van der Waals surface area contributed by atoms with Gasteiger partial charge in [-0.3, -0.25) is 14.5 Å². The maximum absolute atomic E-state index is 5.53. The van der Waals surface area contributed by atoms with Crippen LogP contribution in [0.15, 0.2) is 59.2 Å². The molecule has 0 amide bonds. The highest BCUT2D eigenvalue weighted by atomic mass is 32.1. The molecule has 3 heterocycles. The van der Waals surface area contributed by atoms with E-state index in [2.05, 4.69) is 48.2 Å². The average molecular weight is 426 g/mol. The van der Waals surface area contributed by atoms with Crippen LogP contribution >= 0.6 is 11.3 Å². The Bertz CT molecular complexity index is 920. The van der Waals surface area contributed by atoms with Crippen molar-refractivity contribution < 1.29 is 4.74 Å². The number of nitrogens with one attached hydrogen (secondary N) is 2. The van der Waals surface area contributed by atoms with Crippen molar-refractivity contribution in [3.8, 4) is 5.69 Å². The molecule has 1 aliphatic rings. The highest BCUT2D eigenvalue weighted by Crippen LogP contribution is 2.25. The number of rotatable bonds is 7. The predicted octanol–water partition coefficient (Wildman–Crippen LogP) is 2.07. The van der Waals surface area contributed by atoms with Crippen LogP contribution in [0.25, 0.3) is 5.69 Å². The maximum atomic E-state index is 5.53. The SMILES string of the molecule is CN=C(NCc1nncn1-c1ccccc1)NCC(c1cccs1)N1CCOCC1. The number of para-hydroxylation sites is 1. The molecular weight excluding hydrogens is 398 g/mol. The van der Waals surface area contributed by atoms with Gasteiger partial charge < -0.3 is 15.4 Å². The van der Waals surface area contributed by atoms with Crippen LogP contribution in [0.2, 0.25) is 0 Å². The summed E-state index contributed by atoms with van der Waals surface area (Å²) in [5.74, 6) is 1.57. The molecule has 0 bridgehead atoms. The first-order chi connectivity index (χ1) is 14.8. The van der Waals surface area contributed by atoms with E-state index in [9.17, 15) is 0 Å². The molecule has 3 aromatic rings. The topological polar surface area (TPSA) is 79.6 Å². The number of aliphatic imine (C=N–C) groups is 1. The number of aromatic nitrogens is 3. The first-order valence-electron chi connectivity index (χ1n) is 10.1. The second kappa shape index (κ2) is 10.3. The standard InChI is InChI=1S/C21H27N7OS/c1-22-21(24-15-20-26-25-16-28(20)17-6-3-2-4-7-17)23-14-18(19-8-5-13-30-19)27-9-11-29-12-10-27/h2-8,13,16,18H,9-12,14-15H2,1H3,(H2,22,23,24). The lowest BCUT2D eigenvalue weighted by Gasteiger charge is -2.34. The van der Waals surface area contributed by atoms with Crippen LogP contribution in [0.5, 0.6) is 0 Å². The Hall–Kier alpha value is -2.75. The summed E-state index contributed by atoms with van der Waals surface area (Å²) in [6.07, 6.45) is 1.73. The molecule has 0 radical (unpaired) electrons. The monoisotopic (exact) mass is 425 g/mol. The number of ether oxygens (including phenoxy) is 1. The van der Waals surface area contributed by atoms with Crippen LogP contribution in [0.4, 0.5) is 0 Å². The van der Waals surface area contributed by atoms with Gasteiger partial charge in [0.05, 0.1) is 25.8 Å². The zero-order valence-corrected chi connectivity index (χ0v) is 17.9. The van der Waals surface area contributed by atoms with Crippen LogP contribution in [-0.2, 0) is 11.3 Å². The molecule has 1 aliphatic heterocycles. The highest BCUT2D eigenvalue weighted by molar-refractivity contribution is 7.10. The van der Waals surface area contributed by atoms with Crippen LogP contribution in [-0.4, -0.2) is 65.5 Å². The molecule has 4 rings (SSSR count). The number of morpholine rings is 1. The van der Waals surface area contributed by atoms with Gasteiger partial charge >= 0.3 is 0 Å². The Labute approximate surface area is 180 Å². The van der Waals surface area contributed by atoms with Crippen molar-refractivity contribution >= 4 is 17.3 Å². The molecule has 30 heavy (non-hydrogen) atoms. The fourth-order valence-electron chi connectivity index (χ4n) is 3.54. The number of hydrogen-bond donors (Lipinski definition) is 2. The van der Waals surface area contributed by atoms with E-state index in [1.807, 2.05) is 34.9 Å². The van der Waals surface area contributed by atoms with Crippen molar-refractivity contribution in [2.24, 2.45) is 4.99 Å². The van der Waals surface area contributed by atoms with Gasteiger partial charge in [-0.25, -0.2) is 0 Å². The van der Waals surface area contributed by atoms with Gasteiger partial charge in [0.2, 0.25) is 0 Å². The van der Waals surface area contributed by atoms with Crippen LogP contribution in [0, 0.1) is 0 Å². The van der Waals surface area contributed by atoms with Gasteiger partial charge in [0.25, 0.3) is 0 Å². The van der Waals surface area contributed by atoms with Crippen molar-refractivity contribution in [3.05, 3.63) is 64.9 Å². The third-order valence-corrected chi connectivity index (χ3v) is 6.08. The Morgan fingerprint density at radius 2 is 2.00 bits per heavy atom. The molecular formula is C21H27N7OS. The zero-order valence-electron chi connectivity index (χ0n) is 17.1. The molecule has 9 heteroatoms. The Balaban J connectivity index is 1.37. The molecule has 1 aromatic carbocycles. The lowest BCUT2D eigenvalue weighted by atomic mass is 10.2. The molecule has 0 saturated carbocycles. The summed E-state index contributed by atoms with van der Waals surface area (Å²) >= 11 is 1.79. The Morgan fingerprint density at radius 1 is 1.17 bits per heavy atom. The molecule has 0 spiro atoms. The summed E-state index contributed by atoms with van der Waals surface area (Å²) < 4.78 is 7.51. The quantitative estimate of drug-likeness (QED) is 0.446. The molecule has 1 saturated heterocycles. The first-order valence-corrected chi connectivity index (χ1v) is 11.0. The maximum Gasteiger partial charge on any atom is 0.191 e. The minimum absolute atomic E-state index is 0.292. The third-order valence-electron chi connectivity index (χ3n) is 5.11. The van der Waals surface area contributed by atoms with E-state index in [1.165, 1.54) is 4.88 Å². The molecule has 158 valence electrons. The first kappa shape index (κ1) is 20.5. The number of thiophene rings is 1. The van der Waals surface area contributed by atoms with Crippen molar-refractivity contribution in [1.29, 1.82) is 0 Å². The third kappa shape index (κ3) is 5.05. The number of hydrogen-bond acceptors (Lipinski definition) is 6. The van der Waals surface area contributed by atoms with Crippen LogP contribution in [0.3, 0.4) is 0 Å². The van der Waals surface area contributed by atoms with Gasteiger partial charge in [-0.15, -0.1) is 21.5 Å². The van der Waals surface area contributed by atoms with E-state index in [4.69, 9.17) is 4.74 Å². The lowest BCUT2D eigenvalue weighted by molar-refractivity contribution is 0.0177. The van der Waals surface area contributed by atoms with Gasteiger partial charge in [0.1, 0.15) is 6.33 Å². The van der Waals surface area contributed by atoms with Crippen LogP contribution in [0.1, 0.15) is 16.7 Å². The molecule has 2 N–H and O–H groups in total. The Morgan fingerprint density at radius 3 is 2.73 bits per heavy atom. The van der Waals surface area contributed by atoms with Crippen LogP contribution < -0.4 is 10.6 Å². The predicted molar refractivity (Wildman–Crippen MR) is 119 cm³/mol. The summed E-state index contributed by atoms with van der Waals surface area (Å²) in [6.45, 7) is 4.74. The van der Waals surface area contributed by atoms with E-state index in [-0.39, 0.29) is 0 Å². The smallest absolute Gasteiger partial charge is 0.191 e. The van der Waals surface area contributed by atoms with Gasteiger partial charge in [0, 0.05) is 37.2 Å². The second-order valence-electron chi connectivity index (χ2n) is 6.94. The fraction of sp³-hybridized carbons (Fsp3) is 0.381. The van der Waals surface area contributed by atoms with Crippen molar-refractivity contribution in [2.75, 3.05) is 39.9 Å². The second-order valence-corrected chi connectivity index (χ2v) is 7.92. The van der Waals surface area contributed by atoms with E-state index in [0.717, 1.165) is 50.3 Å². The van der Waals surface area contributed by atoms with E-state index >= 15 is 0 Å². The lowest BCUT2D eigenvalue weighted by Crippen LogP contribution is -2.46. The molecule has 1 unspecified atom stereocenters. The summed E-state index contributed by atoms with van der Waals surface area (Å²) in [6, 6.07) is 14.7. The van der Waals surface area contributed by atoms with Gasteiger partial charge in [0.15, 0.2) is 11.8 Å². The minimum atomic E-state index is 0.292. The average Bonchev–Trinajstić information content (AvgIpc) is 3.50. The molecule has 0 aliphatic carbocycles. The van der Waals surface area contributed by atoms with E-state index in [1.54, 1.807) is 24.7 Å². The molecule has 8 nitrogen and oxygen atoms in total. The summed E-state index contributed by atoms with van der Waals surface area (Å²) in [7, 11) is 1.78. The Kier molecular flexibility index (Phi) is 7.07. The molecule has 2 aromatic heterocycles. The largest absolute Gasteiger partial charge is 0.379 e. The van der Waals surface area contributed by atoms with Gasteiger partial charge in [-0.2, -0.15) is 0 Å². The normalized spacial score (nSPS) is 16.4.